The third-order valence-electron chi connectivity index (χ3n) is 3.69. The Hall–Kier alpha value is -1.39. The average Bonchev–Trinajstić information content (AvgIpc) is 2.41. The van der Waals surface area contributed by atoms with E-state index >= 15 is 0 Å². The molecule has 0 aromatic heterocycles. The van der Waals surface area contributed by atoms with Crippen LogP contribution in [0.4, 0.5) is 0 Å². The van der Waals surface area contributed by atoms with Crippen LogP contribution in [0, 0.1) is 0 Å². The summed E-state index contributed by atoms with van der Waals surface area (Å²) in [6, 6.07) is 10.4. The monoisotopic (exact) mass is 261 g/mol. The molecule has 2 atom stereocenters. The van der Waals surface area contributed by atoms with Gasteiger partial charge >= 0.3 is 0 Å². The maximum Gasteiger partial charge on any atom is 0.239 e. The summed E-state index contributed by atoms with van der Waals surface area (Å²) in [6.07, 6.45) is 0. The molecule has 1 aromatic rings. The van der Waals surface area contributed by atoms with Crippen molar-refractivity contribution in [3.05, 3.63) is 35.9 Å². The van der Waals surface area contributed by atoms with Crippen molar-refractivity contribution < 1.29 is 4.79 Å². The molecule has 1 saturated heterocycles. The van der Waals surface area contributed by atoms with Crippen LogP contribution < -0.4 is 5.73 Å². The standard InChI is InChI=1S/C15H23N3O/c1-12-10-18(15(19)13(2)16)9-8-17(12)11-14-6-4-3-5-7-14/h3-7,12-13H,8-11,16H2,1-2H3. The highest BCUT2D eigenvalue weighted by atomic mass is 16.2. The lowest BCUT2D eigenvalue weighted by Gasteiger charge is -2.40. The molecule has 0 radical (unpaired) electrons. The number of rotatable bonds is 3. The summed E-state index contributed by atoms with van der Waals surface area (Å²) < 4.78 is 0. The van der Waals surface area contributed by atoms with E-state index < -0.39 is 6.04 Å². The third-order valence-corrected chi connectivity index (χ3v) is 3.69. The number of amides is 1. The van der Waals surface area contributed by atoms with Crippen molar-refractivity contribution in [3.63, 3.8) is 0 Å². The van der Waals surface area contributed by atoms with E-state index in [1.165, 1.54) is 5.56 Å². The fraction of sp³-hybridized carbons (Fsp3) is 0.533. The molecule has 19 heavy (non-hydrogen) atoms. The number of piperazine rings is 1. The van der Waals surface area contributed by atoms with Gasteiger partial charge in [0.2, 0.25) is 5.91 Å². The Morgan fingerprint density at radius 1 is 1.37 bits per heavy atom. The normalized spacial score (nSPS) is 22.3. The molecule has 0 saturated carbocycles. The largest absolute Gasteiger partial charge is 0.339 e. The minimum Gasteiger partial charge on any atom is -0.339 e. The van der Waals surface area contributed by atoms with Gasteiger partial charge in [0.05, 0.1) is 6.04 Å². The second-order valence-electron chi connectivity index (χ2n) is 5.38. The molecule has 4 heteroatoms. The molecule has 104 valence electrons. The summed E-state index contributed by atoms with van der Waals surface area (Å²) >= 11 is 0. The number of benzene rings is 1. The first-order valence-corrected chi connectivity index (χ1v) is 6.90. The first kappa shape index (κ1) is 14.0. The second-order valence-corrected chi connectivity index (χ2v) is 5.38. The van der Waals surface area contributed by atoms with Crippen LogP contribution in [0.2, 0.25) is 0 Å². The van der Waals surface area contributed by atoms with Crippen LogP contribution in [-0.4, -0.2) is 47.4 Å². The van der Waals surface area contributed by atoms with Gasteiger partial charge in [0.25, 0.3) is 0 Å². The Balaban J connectivity index is 1.92. The molecule has 1 heterocycles. The van der Waals surface area contributed by atoms with Gasteiger partial charge < -0.3 is 10.6 Å². The van der Waals surface area contributed by atoms with E-state index in [-0.39, 0.29) is 5.91 Å². The number of hydrogen-bond acceptors (Lipinski definition) is 3. The Morgan fingerprint density at radius 2 is 2.05 bits per heavy atom. The Morgan fingerprint density at radius 3 is 2.63 bits per heavy atom. The zero-order valence-corrected chi connectivity index (χ0v) is 11.7. The fourth-order valence-electron chi connectivity index (χ4n) is 2.54. The molecule has 0 bridgehead atoms. The molecule has 1 aromatic carbocycles. The lowest BCUT2D eigenvalue weighted by atomic mass is 10.1. The molecule has 4 nitrogen and oxygen atoms in total. The topological polar surface area (TPSA) is 49.6 Å². The highest BCUT2D eigenvalue weighted by Gasteiger charge is 2.27. The summed E-state index contributed by atoms with van der Waals surface area (Å²) in [5, 5.41) is 0. The molecule has 2 N–H and O–H groups in total. The van der Waals surface area contributed by atoms with Crippen LogP contribution in [0.5, 0.6) is 0 Å². The quantitative estimate of drug-likeness (QED) is 0.885. The van der Waals surface area contributed by atoms with Gasteiger partial charge in [-0.3, -0.25) is 9.69 Å². The molecule has 1 aliphatic rings. The van der Waals surface area contributed by atoms with E-state index in [0.29, 0.717) is 6.04 Å². The van der Waals surface area contributed by atoms with Crippen molar-refractivity contribution in [2.75, 3.05) is 19.6 Å². The molecule has 1 aliphatic heterocycles. The SMILES string of the molecule is CC(N)C(=O)N1CCN(Cc2ccccc2)C(C)C1. The minimum atomic E-state index is -0.395. The van der Waals surface area contributed by atoms with Crippen LogP contribution in [-0.2, 0) is 11.3 Å². The molecule has 2 unspecified atom stereocenters. The van der Waals surface area contributed by atoms with Gasteiger partial charge in [-0.05, 0) is 19.4 Å². The number of nitrogens with two attached hydrogens (primary N) is 1. The number of carbonyl (C=O) groups is 1. The molecular formula is C15H23N3O. The predicted octanol–water partition coefficient (Wildman–Crippen LogP) is 1.07. The van der Waals surface area contributed by atoms with E-state index in [1.807, 2.05) is 11.0 Å². The van der Waals surface area contributed by atoms with Gasteiger partial charge in [-0.1, -0.05) is 30.3 Å². The van der Waals surface area contributed by atoms with Crippen LogP contribution in [0.25, 0.3) is 0 Å². The Labute approximate surface area is 115 Å². The van der Waals surface area contributed by atoms with Crippen molar-refractivity contribution in [3.8, 4) is 0 Å². The molecule has 1 amide bonds. The van der Waals surface area contributed by atoms with Crippen LogP contribution in [0.1, 0.15) is 19.4 Å². The predicted molar refractivity (Wildman–Crippen MR) is 76.5 cm³/mol. The van der Waals surface area contributed by atoms with E-state index in [9.17, 15) is 4.79 Å². The molecule has 0 aliphatic carbocycles. The van der Waals surface area contributed by atoms with Crippen LogP contribution in [0.3, 0.4) is 0 Å². The lowest BCUT2D eigenvalue weighted by Crippen LogP contribution is -2.55. The summed E-state index contributed by atoms with van der Waals surface area (Å²) in [5.41, 5.74) is 6.99. The molecule has 0 spiro atoms. The highest BCUT2D eigenvalue weighted by Crippen LogP contribution is 2.14. The van der Waals surface area contributed by atoms with Crippen molar-refractivity contribution in [1.82, 2.24) is 9.80 Å². The van der Waals surface area contributed by atoms with Gasteiger partial charge in [0.15, 0.2) is 0 Å². The van der Waals surface area contributed by atoms with Gasteiger partial charge in [-0.2, -0.15) is 0 Å². The van der Waals surface area contributed by atoms with Crippen molar-refractivity contribution in [2.45, 2.75) is 32.5 Å². The van der Waals surface area contributed by atoms with E-state index in [4.69, 9.17) is 5.73 Å². The van der Waals surface area contributed by atoms with Crippen LogP contribution in [0.15, 0.2) is 30.3 Å². The van der Waals surface area contributed by atoms with Crippen molar-refractivity contribution in [2.24, 2.45) is 5.73 Å². The summed E-state index contributed by atoms with van der Waals surface area (Å²) in [5.74, 6) is 0.0613. The fourth-order valence-corrected chi connectivity index (χ4v) is 2.54. The van der Waals surface area contributed by atoms with Gasteiger partial charge in [-0.25, -0.2) is 0 Å². The Kier molecular flexibility index (Phi) is 4.56. The first-order chi connectivity index (χ1) is 9.08. The van der Waals surface area contributed by atoms with Crippen molar-refractivity contribution in [1.29, 1.82) is 0 Å². The van der Waals surface area contributed by atoms with Gasteiger partial charge in [0, 0.05) is 32.2 Å². The maximum absolute atomic E-state index is 11.9. The summed E-state index contributed by atoms with van der Waals surface area (Å²) in [6.45, 7) is 7.33. The first-order valence-electron chi connectivity index (χ1n) is 6.90. The summed E-state index contributed by atoms with van der Waals surface area (Å²) in [4.78, 5) is 16.2. The van der Waals surface area contributed by atoms with Gasteiger partial charge in [-0.15, -0.1) is 0 Å². The Bertz CT molecular complexity index is 419. The zero-order valence-electron chi connectivity index (χ0n) is 11.7. The van der Waals surface area contributed by atoms with Crippen LogP contribution >= 0.6 is 0 Å². The van der Waals surface area contributed by atoms with Crippen molar-refractivity contribution >= 4 is 5.91 Å². The summed E-state index contributed by atoms with van der Waals surface area (Å²) in [7, 11) is 0. The third kappa shape index (κ3) is 3.55. The smallest absolute Gasteiger partial charge is 0.239 e. The average molecular weight is 261 g/mol. The number of carbonyl (C=O) groups excluding carboxylic acids is 1. The van der Waals surface area contributed by atoms with Gasteiger partial charge in [0.1, 0.15) is 0 Å². The maximum atomic E-state index is 11.9. The van der Waals surface area contributed by atoms with E-state index in [2.05, 4.69) is 36.1 Å². The molecular weight excluding hydrogens is 238 g/mol. The van der Waals surface area contributed by atoms with E-state index in [0.717, 1.165) is 26.2 Å². The number of nitrogens with zero attached hydrogens (tertiary/aromatic N) is 2. The molecule has 2 rings (SSSR count). The lowest BCUT2D eigenvalue weighted by molar-refractivity contribution is -0.135. The number of hydrogen-bond donors (Lipinski definition) is 1. The second kappa shape index (κ2) is 6.17. The zero-order chi connectivity index (χ0) is 13.8. The highest BCUT2D eigenvalue weighted by molar-refractivity contribution is 5.81. The minimum absolute atomic E-state index is 0.0613. The van der Waals surface area contributed by atoms with E-state index in [1.54, 1.807) is 6.92 Å². The molecule has 1 fully saturated rings.